The van der Waals surface area contributed by atoms with Crippen molar-refractivity contribution in [2.75, 3.05) is 24.8 Å². The Bertz CT molecular complexity index is 1440. The summed E-state index contributed by atoms with van der Waals surface area (Å²) in [6.07, 6.45) is 3.56. The summed E-state index contributed by atoms with van der Waals surface area (Å²) in [6.45, 7) is 0.866. The highest BCUT2D eigenvalue weighted by Gasteiger charge is 2.41. The molecule has 0 spiro atoms. The lowest BCUT2D eigenvalue weighted by atomic mass is 9.92. The topological polar surface area (TPSA) is 75.0 Å². The third-order valence-electron chi connectivity index (χ3n) is 6.95. The van der Waals surface area contributed by atoms with Gasteiger partial charge in [-0.1, -0.05) is 18.2 Å². The lowest BCUT2D eigenvalue weighted by molar-refractivity contribution is 0.0674. The van der Waals surface area contributed by atoms with Gasteiger partial charge in [0.25, 0.3) is 5.91 Å². The molecule has 3 aromatic rings. The van der Waals surface area contributed by atoms with Gasteiger partial charge >= 0.3 is 0 Å². The fourth-order valence-electron chi connectivity index (χ4n) is 5.21. The van der Waals surface area contributed by atoms with Crippen molar-refractivity contribution in [3.63, 3.8) is 0 Å². The van der Waals surface area contributed by atoms with Crippen LogP contribution in [0.1, 0.15) is 52.5 Å². The number of benzene rings is 2. The van der Waals surface area contributed by atoms with E-state index in [0.29, 0.717) is 31.6 Å². The predicted molar refractivity (Wildman–Crippen MR) is 130 cm³/mol. The van der Waals surface area contributed by atoms with E-state index in [-0.39, 0.29) is 29.4 Å². The van der Waals surface area contributed by atoms with E-state index in [4.69, 9.17) is 4.74 Å². The van der Waals surface area contributed by atoms with Gasteiger partial charge in [-0.3, -0.25) is 19.3 Å². The van der Waals surface area contributed by atoms with Gasteiger partial charge in [0, 0.05) is 46.6 Å². The summed E-state index contributed by atoms with van der Waals surface area (Å²) in [5.74, 6) is -2.54. The Balaban J connectivity index is 1.69. The van der Waals surface area contributed by atoms with Crippen LogP contribution in [0.3, 0.4) is 0 Å². The summed E-state index contributed by atoms with van der Waals surface area (Å²) in [4.78, 5) is 28.2. The Labute approximate surface area is 209 Å². The summed E-state index contributed by atoms with van der Waals surface area (Å²) in [7, 11) is 0. The van der Waals surface area contributed by atoms with E-state index >= 15 is 4.39 Å². The van der Waals surface area contributed by atoms with Crippen LogP contribution < -0.4 is 15.2 Å². The molecule has 6 rings (SSSR count). The number of rotatable bonds is 0. The summed E-state index contributed by atoms with van der Waals surface area (Å²) >= 11 is 1.40. The molecule has 1 amide bonds. The van der Waals surface area contributed by atoms with E-state index in [0.717, 1.165) is 22.9 Å². The Morgan fingerprint density at radius 2 is 1.92 bits per heavy atom. The number of fused-ring (bicyclic) bond motifs is 7. The molecule has 2 aromatic carbocycles. The molecule has 0 unspecified atom stereocenters. The molecule has 36 heavy (non-hydrogen) atoms. The number of carbonyl (C=O) groups is 1. The number of hydrogen-bond acceptors (Lipinski definition) is 6. The molecule has 186 valence electrons. The van der Waals surface area contributed by atoms with Crippen LogP contribution in [-0.2, 0) is 5.75 Å². The van der Waals surface area contributed by atoms with Gasteiger partial charge in [0.05, 0.1) is 6.61 Å². The zero-order chi connectivity index (χ0) is 25.0. The first kappa shape index (κ1) is 22.9. The van der Waals surface area contributed by atoms with Crippen molar-refractivity contribution in [3.8, 4) is 11.5 Å². The Morgan fingerprint density at radius 3 is 2.78 bits per heavy atom. The number of halogens is 2. The number of aromatic nitrogens is 1. The van der Waals surface area contributed by atoms with E-state index in [1.807, 2.05) is 29.3 Å². The molecule has 3 aliphatic heterocycles. The van der Waals surface area contributed by atoms with Gasteiger partial charge in [0.2, 0.25) is 5.43 Å². The van der Waals surface area contributed by atoms with Crippen LogP contribution in [-0.4, -0.2) is 40.4 Å². The number of carbonyl (C=O) groups excluding carboxylic acids is 1. The highest BCUT2D eigenvalue weighted by atomic mass is 32.2. The van der Waals surface area contributed by atoms with Gasteiger partial charge in [0.1, 0.15) is 18.5 Å². The molecule has 1 N–H and O–H groups in total. The first-order valence-corrected chi connectivity index (χ1v) is 12.8. The van der Waals surface area contributed by atoms with E-state index in [2.05, 4.69) is 0 Å². The normalized spacial score (nSPS) is 19.2. The van der Waals surface area contributed by atoms with E-state index in [9.17, 15) is 19.1 Å². The van der Waals surface area contributed by atoms with Crippen LogP contribution in [0.15, 0.2) is 52.3 Å². The second-order valence-electron chi connectivity index (χ2n) is 9.07. The minimum Gasteiger partial charge on any atom is -0.502 e. The molecular weight excluding hydrogens is 488 g/mol. The van der Waals surface area contributed by atoms with Crippen LogP contribution in [0.25, 0.3) is 0 Å². The number of thioether (sulfide) groups is 1. The Hall–Kier alpha value is -3.53. The molecular formula is C26H23F2N3O4S. The maximum Gasteiger partial charge on any atom is 0.277 e. The zero-order valence-electron chi connectivity index (χ0n) is 19.2. The fourth-order valence-corrected chi connectivity index (χ4v) is 6.31. The lowest BCUT2D eigenvalue weighted by Gasteiger charge is -2.44. The molecule has 3 aliphatic rings. The molecule has 10 heteroatoms. The highest BCUT2D eigenvalue weighted by molar-refractivity contribution is 7.98. The predicted octanol–water partition coefficient (Wildman–Crippen LogP) is 4.14. The molecule has 0 saturated carbocycles. The van der Waals surface area contributed by atoms with Gasteiger partial charge in [-0.2, -0.15) is 0 Å². The minimum atomic E-state index is -0.974. The van der Waals surface area contributed by atoms with Gasteiger partial charge in [0.15, 0.2) is 23.1 Å². The monoisotopic (exact) mass is 511 g/mol. The lowest BCUT2D eigenvalue weighted by Crippen LogP contribution is -2.55. The van der Waals surface area contributed by atoms with Crippen LogP contribution in [0, 0.1) is 11.6 Å². The first-order chi connectivity index (χ1) is 17.5. The van der Waals surface area contributed by atoms with E-state index < -0.39 is 34.8 Å². The summed E-state index contributed by atoms with van der Waals surface area (Å²) in [5, 5.41) is 12.5. The fraction of sp³-hybridized carbons (Fsp3) is 0.308. The van der Waals surface area contributed by atoms with Crippen LogP contribution in [0.2, 0.25) is 0 Å². The van der Waals surface area contributed by atoms with Crippen LogP contribution >= 0.6 is 11.8 Å². The first-order valence-electron chi connectivity index (χ1n) is 11.8. The quantitative estimate of drug-likeness (QED) is 0.489. The number of ether oxygens (including phenoxy) is 1. The molecule has 0 fully saturated rings. The molecule has 0 aliphatic carbocycles. The maximum atomic E-state index is 15.3. The minimum absolute atomic E-state index is 0.121. The summed E-state index contributed by atoms with van der Waals surface area (Å²) in [6, 6.07) is 9.20. The molecule has 0 radical (unpaired) electrons. The van der Waals surface area contributed by atoms with E-state index in [1.165, 1.54) is 28.7 Å². The molecule has 2 bridgehead atoms. The SMILES string of the molecule is O=C1c2c(O)c(=O)ccn2N2CN1CCCCCOc1cc(F)c(F)c3c1[C@H]2c1ccccc1SC3. The number of nitrogens with zero attached hydrogens (tertiary/aromatic N) is 3. The van der Waals surface area contributed by atoms with Crippen molar-refractivity contribution in [1.29, 1.82) is 0 Å². The second kappa shape index (κ2) is 8.85. The standard InChI is InChI=1S/C26H23F2N3O4S/c27-17-12-19-21-16(22(17)28)13-36-20-7-3-2-6-15(20)23(21)31-14-29(9-4-1-5-11-35-19)26(34)24-25(33)18(32)8-10-30(24)31/h2-3,6-8,10,12,23,33H,1,4-5,9,11,13-14H2/t23-/m1/s1. The number of hydrogen-bond donors (Lipinski definition) is 1. The Morgan fingerprint density at radius 1 is 1.08 bits per heavy atom. The largest absolute Gasteiger partial charge is 0.502 e. The van der Waals surface area contributed by atoms with Crippen molar-refractivity contribution in [3.05, 3.63) is 86.8 Å². The maximum absolute atomic E-state index is 15.3. The van der Waals surface area contributed by atoms with Crippen molar-refractivity contribution in [2.45, 2.75) is 36.0 Å². The molecule has 1 atom stereocenters. The smallest absolute Gasteiger partial charge is 0.277 e. The van der Waals surface area contributed by atoms with Gasteiger partial charge in [-0.25, -0.2) is 8.78 Å². The van der Waals surface area contributed by atoms with Gasteiger partial charge in [-0.05, 0) is 30.9 Å². The molecule has 0 saturated heterocycles. The Kier molecular flexibility index (Phi) is 5.63. The molecule has 7 nitrogen and oxygen atoms in total. The average molecular weight is 512 g/mol. The third kappa shape index (κ3) is 3.54. The van der Waals surface area contributed by atoms with Crippen molar-refractivity contribution in [2.24, 2.45) is 0 Å². The number of amides is 1. The number of pyridine rings is 1. The van der Waals surface area contributed by atoms with Crippen molar-refractivity contribution in [1.82, 2.24) is 9.58 Å². The van der Waals surface area contributed by atoms with Gasteiger partial charge < -0.3 is 14.7 Å². The highest BCUT2D eigenvalue weighted by Crippen LogP contribution is 2.47. The molecule has 4 heterocycles. The van der Waals surface area contributed by atoms with Crippen molar-refractivity contribution < 1.29 is 23.4 Å². The second-order valence-corrected chi connectivity index (χ2v) is 10.1. The third-order valence-corrected chi connectivity index (χ3v) is 8.06. The van der Waals surface area contributed by atoms with Crippen molar-refractivity contribution >= 4 is 17.7 Å². The van der Waals surface area contributed by atoms with E-state index in [1.54, 1.807) is 4.90 Å². The zero-order valence-corrected chi connectivity index (χ0v) is 20.1. The van der Waals surface area contributed by atoms with Crippen LogP contribution in [0.5, 0.6) is 11.5 Å². The van der Waals surface area contributed by atoms with Crippen LogP contribution in [0.4, 0.5) is 8.78 Å². The van der Waals surface area contributed by atoms with Gasteiger partial charge in [-0.15, -0.1) is 11.8 Å². The summed E-state index contributed by atoms with van der Waals surface area (Å²) < 4.78 is 37.6. The molecule has 1 aromatic heterocycles. The summed E-state index contributed by atoms with van der Waals surface area (Å²) in [5.41, 5.74) is 0.695. The number of aromatic hydroxyl groups is 1. The average Bonchev–Trinajstić information content (AvgIpc) is 3.04.